The maximum atomic E-state index is 5.03. The van der Waals surface area contributed by atoms with Gasteiger partial charge in [-0.3, -0.25) is 4.90 Å². The highest BCUT2D eigenvalue weighted by atomic mass is 32.2. The molecule has 1 fully saturated rings. The molecule has 4 aromatic rings. The number of aromatic amines is 1. The number of benzene rings is 2. The van der Waals surface area contributed by atoms with Crippen molar-refractivity contribution in [3.63, 3.8) is 0 Å². The number of imidazole rings is 1. The molecule has 7 nitrogen and oxygen atoms in total. The van der Waals surface area contributed by atoms with E-state index in [9.17, 15) is 0 Å². The van der Waals surface area contributed by atoms with Crippen LogP contribution in [0.5, 0.6) is 0 Å². The maximum Gasteiger partial charge on any atom is 0.187 e. The lowest BCUT2D eigenvalue weighted by atomic mass is 10.2. The van der Waals surface area contributed by atoms with E-state index in [-0.39, 0.29) is 0 Å². The van der Waals surface area contributed by atoms with Crippen molar-refractivity contribution in [1.29, 1.82) is 0 Å². The summed E-state index contributed by atoms with van der Waals surface area (Å²) in [5.74, 6) is 0.922. The van der Waals surface area contributed by atoms with Crippen LogP contribution in [0, 0.1) is 0 Å². The van der Waals surface area contributed by atoms with E-state index in [1.54, 1.807) is 11.8 Å². The summed E-state index contributed by atoms with van der Waals surface area (Å²) in [4.78, 5) is 24.7. The van der Waals surface area contributed by atoms with E-state index in [0.717, 1.165) is 73.4 Å². The molecule has 3 heterocycles. The highest BCUT2D eigenvalue weighted by Gasteiger charge is 2.20. The summed E-state index contributed by atoms with van der Waals surface area (Å²) in [5, 5.41) is 0.824. The van der Waals surface area contributed by atoms with Gasteiger partial charge in [0.2, 0.25) is 0 Å². The molecule has 1 aliphatic heterocycles. The predicted octanol–water partition coefficient (Wildman–Crippen LogP) is 4.91. The number of hydrogen-bond donors (Lipinski definition) is 1. The standard InChI is InChI=1S/C27H33N7S/c1-4-33(5-2)22-11-9-21(10-12-22)26-30-23-7-6-8-24(25(23)31-26)34-15-13-32(14-16-34)19-20-17-28-27(35-3)29-18-20/h6-12,17-18H,4-5,13-16,19H2,1-3H3,(H,30,31). The summed E-state index contributed by atoms with van der Waals surface area (Å²) in [6, 6.07) is 15.2. The number of aromatic nitrogens is 4. The number of piperazine rings is 1. The lowest BCUT2D eigenvalue weighted by Gasteiger charge is -2.36. The van der Waals surface area contributed by atoms with Crippen molar-refractivity contribution in [1.82, 2.24) is 24.8 Å². The van der Waals surface area contributed by atoms with Crippen LogP contribution >= 0.6 is 11.8 Å². The monoisotopic (exact) mass is 487 g/mol. The van der Waals surface area contributed by atoms with Crippen LogP contribution in [0.15, 0.2) is 60.0 Å². The van der Waals surface area contributed by atoms with Crippen molar-refractivity contribution in [2.45, 2.75) is 25.5 Å². The SMILES string of the molecule is CCN(CC)c1ccc(-c2nc3c(N4CCN(Cc5cnc(SC)nc5)CC4)cccc3[nH]2)cc1. The Hall–Kier alpha value is -3.10. The van der Waals surface area contributed by atoms with Crippen LogP contribution < -0.4 is 9.80 Å². The summed E-state index contributed by atoms with van der Waals surface area (Å²) in [5.41, 5.74) is 6.87. The third-order valence-corrected chi connectivity index (χ3v) is 7.32. The summed E-state index contributed by atoms with van der Waals surface area (Å²) in [6.45, 7) is 11.3. The van der Waals surface area contributed by atoms with Crippen molar-refractivity contribution < 1.29 is 0 Å². The molecule has 5 rings (SSSR count). The van der Waals surface area contributed by atoms with Crippen molar-refractivity contribution >= 4 is 34.2 Å². The number of H-pyrrole nitrogens is 1. The first kappa shape index (κ1) is 23.6. The fourth-order valence-corrected chi connectivity index (χ4v) is 5.08. The molecule has 0 spiro atoms. The van der Waals surface area contributed by atoms with Crippen LogP contribution in [0.3, 0.4) is 0 Å². The topological polar surface area (TPSA) is 64.2 Å². The minimum Gasteiger partial charge on any atom is -0.372 e. The lowest BCUT2D eigenvalue weighted by Crippen LogP contribution is -2.46. The third kappa shape index (κ3) is 5.13. The Morgan fingerprint density at radius 2 is 1.66 bits per heavy atom. The number of rotatable bonds is 8. The van der Waals surface area contributed by atoms with Crippen LogP contribution in [0.2, 0.25) is 0 Å². The molecule has 0 atom stereocenters. The third-order valence-electron chi connectivity index (χ3n) is 6.74. The van der Waals surface area contributed by atoms with Gasteiger partial charge in [-0.25, -0.2) is 15.0 Å². The second kappa shape index (κ2) is 10.7. The van der Waals surface area contributed by atoms with E-state index in [1.807, 2.05) is 18.6 Å². The highest BCUT2D eigenvalue weighted by molar-refractivity contribution is 7.98. The van der Waals surface area contributed by atoms with Crippen LogP contribution in [-0.4, -0.2) is 70.4 Å². The zero-order chi connectivity index (χ0) is 24.2. The van der Waals surface area contributed by atoms with Crippen molar-refractivity contribution in [2.24, 2.45) is 0 Å². The lowest BCUT2D eigenvalue weighted by molar-refractivity contribution is 0.249. The molecule has 1 aliphatic rings. The smallest absolute Gasteiger partial charge is 0.187 e. The number of hydrogen-bond acceptors (Lipinski definition) is 7. The van der Waals surface area contributed by atoms with Gasteiger partial charge in [0.1, 0.15) is 11.3 Å². The highest BCUT2D eigenvalue weighted by Crippen LogP contribution is 2.30. The van der Waals surface area contributed by atoms with Crippen LogP contribution in [0.25, 0.3) is 22.4 Å². The van der Waals surface area contributed by atoms with E-state index in [1.165, 1.54) is 16.9 Å². The van der Waals surface area contributed by atoms with Gasteiger partial charge >= 0.3 is 0 Å². The minimum atomic E-state index is 0.824. The summed E-state index contributed by atoms with van der Waals surface area (Å²) < 4.78 is 0. The summed E-state index contributed by atoms with van der Waals surface area (Å²) in [6.07, 6.45) is 5.90. The molecule has 0 unspecified atom stereocenters. The fourth-order valence-electron chi connectivity index (χ4n) is 4.76. The first-order valence-electron chi connectivity index (χ1n) is 12.3. The number of anilines is 2. The van der Waals surface area contributed by atoms with E-state index >= 15 is 0 Å². The van der Waals surface area contributed by atoms with Gasteiger partial charge in [0.05, 0.1) is 11.2 Å². The normalized spacial score (nSPS) is 14.5. The molecule has 0 radical (unpaired) electrons. The molecular formula is C27H33N7S. The second-order valence-corrected chi connectivity index (χ2v) is 9.59. The molecule has 0 saturated carbocycles. The van der Waals surface area contributed by atoms with E-state index in [2.05, 4.69) is 86.0 Å². The Morgan fingerprint density at radius 3 is 2.31 bits per heavy atom. The van der Waals surface area contributed by atoms with Gasteiger partial charge in [0, 0.05) is 75.0 Å². The zero-order valence-corrected chi connectivity index (χ0v) is 21.6. The molecular weight excluding hydrogens is 454 g/mol. The largest absolute Gasteiger partial charge is 0.372 e. The Morgan fingerprint density at radius 1 is 0.943 bits per heavy atom. The molecule has 0 amide bonds. The molecule has 1 N–H and O–H groups in total. The van der Waals surface area contributed by atoms with Crippen LogP contribution in [-0.2, 0) is 6.54 Å². The van der Waals surface area contributed by atoms with Gasteiger partial charge in [-0.2, -0.15) is 0 Å². The Kier molecular flexibility index (Phi) is 7.20. The second-order valence-electron chi connectivity index (χ2n) is 8.82. The molecule has 2 aromatic carbocycles. The number of nitrogens with zero attached hydrogens (tertiary/aromatic N) is 6. The van der Waals surface area contributed by atoms with Crippen molar-refractivity contribution in [3.05, 3.63) is 60.4 Å². The van der Waals surface area contributed by atoms with Crippen molar-refractivity contribution in [3.8, 4) is 11.4 Å². The molecule has 2 aromatic heterocycles. The summed E-state index contributed by atoms with van der Waals surface area (Å²) >= 11 is 1.57. The van der Waals surface area contributed by atoms with Gasteiger partial charge in [0.25, 0.3) is 0 Å². The molecule has 0 aliphatic carbocycles. The Bertz CT molecular complexity index is 1240. The Labute approximate surface area is 211 Å². The number of para-hydroxylation sites is 1. The van der Waals surface area contributed by atoms with Gasteiger partial charge in [-0.05, 0) is 56.5 Å². The van der Waals surface area contributed by atoms with E-state index < -0.39 is 0 Å². The number of thioether (sulfide) groups is 1. The average molecular weight is 488 g/mol. The average Bonchev–Trinajstić information content (AvgIpc) is 3.35. The molecule has 8 heteroatoms. The van der Waals surface area contributed by atoms with Crippen molar-refractivity contribution in [2.75, 3.05) is 55.3 Å². The molecule has 0 bridgehead atoms. The van der Waals surface area contributed by atoms with Crippen LogP contribution in [0.1, 0.15) is 19.4 Å². The maximum absolute atomic E-state index is 5.03. The van der Waals surface area contributed by atoms with E-state index in [0.29, 0.717) is 0 Å². The predicted molar refractivity (Wildman–Crippen MR) is 146 cm³/mol. The molecule has 35 heavy (non-hydrogen) atoms. The van der Waals surface area contributed by atoms with Gasteiger partial charge < -0.3 is 14.8 Å². The molecule has 182 valence electrons. The Balaban J connectivity index is 1.29. The fraction of sp³-hybridized carbons (Fsp3) is 0.370. The number of nitrogens with one attached hydrogen (secondary N) is 1. The zero-order valence-electron chi connectivity index (χ0n) is 20.7. The van der Waals surface area contributed by atoms with Gasteiger partial charge in [-0.15, -0.1) is 0 Å². The first-order chi connectivity index (χ1) is 17.2. The van der Waals surface area contributed by atoms with E-state index in [4.69, 9.17) is 4.98 Å². The minimum absolute atomic E-state index is 0.824. The summed E-state index contributed by atoms with van der Waals surface area (Å²) in [7, 11) is 0. The molecule has 1 saturated heterocycles. The van der Waals surface area contributed by atoms with Gasteiger partial charge in [-0.1, -0.05) is 17.8 Å². The van der Waals surface area contributed by atoms with Gasteiger partial charge in [0.15, 0.2) is 5.16 Å². The number of fused-ring (bicyclic) bond motifs is 1. The van der Waals surface area contributed by atoms with Crippen LogP contribution in [0.4, 0.5) is 11.4 Å². The quantitative estimate of drug-likeness (QED) is 0.280. The first-order valence-corrected chi connectivity index (χ1v) is 13.6.